The van der Waals surface area contributed by atoms with Gasteiger partial charge in [0.15, 0.2) is 0 Å². The van der Waals surface area contributed by atoms with Crippen molar-refractivity contribution >= 4 is 50.1 Å². The Hall–Kier alpha value is -2.14. The van der Waals surface area contributed by atoms with Crippen molar-refractivity contribution < 1.29 is 9.31 Å². The molecule has 0 radical (unpaired) electrons. The Balaban J connectivity index is 1.72. The van der Waals surface area contributed by atoms with E-state index in [1.54, 1.807) is 0 Å². The van der Waals surface area contributed by atoms with Crippen LogP contribution in [0.15, 0.2) is 77.3 Å². The third-order valence-electron chi connectivity index (χ3n) is 6.63. The predicted molar refractivity (Wildman–Crippen MR) is 130 cm³/mol. The Morgan fingerprint density at radius 1 is 0.600 bits per heavy atom. The van der Waals surface area contributed by atoms with Crippen LogP contribution in [0, 0.1) is 0 Å². The molecule has 0 spiro atoms. The minimum atomic E-state index is -0.379. The van der Waals surface area contributed by atoms with Crippen molar-refractivity contribution in [2.75, 3.05) is 0 Å². The molecule has 1 heterocycles. The van der Waals surface area contributed by atoms with Crippen LogP contribution in [0.2, 0.25) is 0 Å². The van der Waals surface area contributed by atoms with E-state index >= 15 is 0 Å². The second-order valence-electron chi connectivity index (χ2n) is 8.98. The smallest absolute Gasteiger partial charge is 0.399 e. The molecule has 5 rings (SSSR count). The molecule has 30 heavy (non-hydrogen) atoms. The maximum absolute atomic E-state index is 6.36. The van der Waals surface area contributed by atoms with Crippen molar-refractivity contribution in [3.63, 3.8) is 0 Å². The van der Waals surface area contributed by atoms with Gasteiger partial charge in [0.05, 0.1) is 11.2 Å². The highest BCUT2D eigenvalue weighted by Gasteiger charge is 2.52. The molecule has 0 saturated carbocycles. The second-order valence-corrected chi connectivity index (χ2v) is 9.83. The maximum Gasteiger partial charge on any atom is 0.495 e. The van der Waals surface area contributed by atoms with Crippen molar-refractivity contribution in [2.24, 2.45) is 0 Å². The first-order valence-corrected chi connectivity index (χ1v) is 11.1. The largest absolute Gasteiger partial charge is 0.495 e. The summed E-state index contributed by atoms with van der Waals surface area (Å²) in [4.78, 5) is 0. The van der Waals surface area contributed by atoms with Gasteiger partial charge in [-0.05, 0) is 71.9 Å². The van der Waals surface area contributed by atoms with Crippen LogP contribution < -0.4 is 5.46 Å². The average Bonchev–Trinajstić information content (AvgIpc) is 2.95. The molecule has 1 aliphatic rings. The third-order valence-corrected chi connectivity index (χ3v) is 7.32. The molecule has 0 bridgehead atoms. The lowest BCUT2D eigenvalue weighted by Crippen LogP contribution is -2.41. The van der Waals surface area contributed by atoms with Crippen LogP contribution in [-0.4, -0.2) is 18.3 Å². The molecule has 1 saturated heterocycles. The molecule has 0 aliphatic carbocycles. The van der Waals surface area contributed by atoms with E-state index in [4.69, 9.17) is 9.31 Å². The molecule has 0 unspecified atom stereocenters. The molecule has 1 fully saturated rings. The van der Waals surface area contributed by atoms with E-state index in [1.165, 1.54) is 32.7 Å². The highest BCUT2D eigenvalue weighted by molar-refractivity contribution is 9.10. The van der Waals surface area contributed by atoms with Gasteiger partial charge in [-0.15, -0.1) is 0 Å². The summed E-state index contributed by atoms with van der Waals surface area (Å²) in [7, 11) is -0.379. The zero-order valence-electron chi connectivity index (χ0n) is 17.7. The molecule has 1 aliphatic heterocycles. The van der Waals surface area contributed by atoms with Crippen LogP contribution in [0.4, 0.5) is 0 Å². The number of benzene rings is 4. The summed E-state index contributed by atoms with van der Waals surface area (Å²) in [6, 6.07) is 25.8. The quantitative estimate of drug-likeness (QED) is 0.310. The summed E-state index contributed by atoms with van der Waals surface area (Å²) in [6.07, 6.45) is 0. The number of hydrogen-bond donors (Lipinski definition) is 0. The fourth-order valence-corrected chi connectivity index (χ4v) is 4.71. The van der Waals surface area contributed by atoms with Gasteiger partial charge in [-0.1, -0.05) is 82.7 Å². The molecule has 4 aromatic rings. The van der Waals surface area contributed by atoms with Gasteiger partial charge in [0.2, 0.25) is 0 Å². The fourth-order valence-electron chi connectivity index (χ4n) is 4.23. The standard InChI is InChI=1S/C26H24BBrO2/c1-25(2)26(3,4)30-27(29-25)23-15-13-19(17-9-5-7-11-21(17)23)20-14-16-24(28)22-12-8-6-10-18(20)22/h5-16H,1-4H3. The summed E-state index contributed by atoms with van der Waals surface area (Å²) >= 11 is 3.70. The molecule has 0 aromatic heterocycles. The first-order valence-electron chi connectivity index (χ1n) is 10.3. The van der Waals surface area contributed by atoms with Crippen molar-refractivity contribution in [1.82, 2.24) is 0 Å². The van der Waals surface area contributed by atoms with E-state index in [0.717, 1.165) is 9.94 Å². The molecular weight excluding hydrogens is 435 g/mol. The van der Waals surface area contributed by atoms with E-state index in [2.05, 4.69) is 116 Å². The number of hydrogen-bond acceptors (Lipinski definition) is 2. The Morgan fingerprint density at radius 2 is 1.07 bits per heavy atom. The minimum Gasteiger partial charge on any atom is -0.399 e. The number of halogens is 1. The topological polar surface area (TPSA) is 18.5 Å². The van der Waals surface area contributed by atoms with Crippen LogP contribution >= 0.6 is 15.9 Å². The van der Waals surface area contributed by atoms with Crippen molar-refractivity contribution in [2.45, 2.75) is 38.9 Å². The Labute approximate surface area is 186 Å². The zero-order valence-corrected chi connectivity index (χ0v) is 19.3. The molecule has 2 nitrogen and oxygen atoms in total. The molecular formula is C26H24BBrO2. The van der Waals surface area contributed by atoms with Gasteiger partial charge in [-0.25, -0.2) is 0 Å². The summed E-state index contributed by atoms with van der Waals surface area (Å²) in [5, 5.41) is 4.83. The van der Waals surface area contributed by atoms with Gasteiger partial charge in [-0.3, -0.25) is 0 Å². The highest BCUT2D eigenvalue weighted by Crippen LogP contribution is 2.39. The molecule has 4 heteroatoms. The van der Waals surface area contributed by atoms with Crippen molar-refractivity contribution in [3.8, 4) is 11.1 Å². The zero-order chi connectivity index (χ0) is 21.1. The normalized spacial score (nSPS) is 17.7. The van der Waals surface area contributed by atoms with E-state index in [1.807, 2.05) is 0 Å². The van der Waals surface area contributed by atoms with Gasteiger partial charge >= 0.3 is 7.12 Å². The summed E-state index contributed by atoms with van der Waals surface area (Å²) in [5.41, 5.74) is 2.80. The fraction of sp³-hybridized carbons (Fsp3) is 0.231. The first kappa shape index (κ1) is 19.8. The molecule has 0 amide bonds. The Bertz CT molecular complexity index is 1260. The van der Waals surface area contributed by atoms with Gasteiger partial charge in [0.1, 0.15) is 0 Å². The second kappa shape index (κ2) is 6.95. The van der Waals surface area contributed by atoms with Crippen LogP contribution in [0.3, 0.4) is 0 Å². The van der Waals surface area contributed by atoms with Crippen molar-refractivity contribution in [3.05, 3.63) is 77.3 Å². The molecule has 150 valence electrons. The van der Waals surface area contributed by atoms with Crippen LogP contribution in [0.1, 0.15) is 27.7 Å². The van der Waals surface area contributed by atoms with Gasteiger partial charge in [0.25, 0.3) is 0 Å². The molecule has 4 aromatic carbocycles. The molecule has 0 N–H and O–H groups in total. The minimum absolute atomic E-state index is 0.362. The summed E-state index contributed by atoms with van der Waals surface area (Å²) in [5.74, 6) is 0. The van der Waals surface area contributed by atoms with Gasteiger partial charge < -0.3 is 9.31 Å². The first-order chi connectivity index (χ1) is 14.3. The SMILES string of the molecule is CC1(C)OB(c2ccc(-c3ccc(Br)c4ccccc34)c3ccccc23)OC1(C)C. The lowest BCUT2D eigenvalue weighted by Gasteiger charge is -2.32. The third kappa shape index (κ3) is 3.01. The lowest BCUT2D eigenvalue weighted by molar-refractivity contribution is 0.00578. The summed E-state index contributed by atoms with van der Waals surface area (Å²) < 4.78 is 13.8. The lowest BCUT2D eigenvalue weighted by atomic mass is 9.75. The van der Waals surface area contributed by atoms with Crippen LogP contribution in [-0.2, 0) is 9.31 Å². The van der Waals surface area contributed by atoms with E-state index in [-0.39, 0.29) is 18.3 Å². The average molecular weight is 459 g/mol. The maximum atomic E-state index is 6.36. The van der Waals surface area contributed by atoms with E-state index < -0.39 is 0 Å². The summed E-state index contributed by atoms with van der Waals surface area (Å²) in [6.45, 7) is 8.38. The Kier molecular flexibility index (Phi) is 4.59. The highest BCUT2D eigenvalue weighted by atomic mass is 79.9. The van der Waals surface area contributed by atoms with Crippen LogP contribution in [0.5, 0.6) is 0 Å². The van der Waals surface area contributed by atoms with Gasteiger partial charge in [0, 0.05) is 4.47 Å². The van der Waals surface area contributed by atoms with Gasteiger partial charge in [-0.2, -0.15) is 0 Å². The number of rotatable bonds is 2. The van der Waals surface area contributed by atoms with Crippen molar-refractivity contribution in [1.29, 1.82) is 0 Å². The number of fused-ring (bicyclic) bond motifs is 2. The molecule has 0 atom stereocenters. The predicted octanol–water partition coefficient (Wildman–Crippen LogP) is 6.72. The van der Waals surface area contributed by atoms with E-state index in [0.29, 0.717) is 0 Å². The van der Waals surface area contributed by atoms with E-state index in [9.17, 15) is 0 Å². The monoisotopic (exact) mass is 458 g/mol. The Morgan fingerprint density at radius 3 is 1.67 bits per heavy atom. The van der Waals surface area contributed by atoms with Crippen LogP contribution in [0.25, 0.3) is 32.7 Å².